The number of esters is 1. The number of rotatable bonds is 8. The molecule has 146 valence electrons. The molecule has 0 aliphatic carbocycles. The number of benzene rings is 2. The number of nitriles is 1. The summed E-state index contributed by atoms with van der Waals surface area (Å²) in [5.41, 5.74) is 4.20. The van der Waals surface area contributed by atoms with Gasteiger partial charge in [-0.3, -0.25) is 4.79 Å². The predicted octanol–water partition coefficient (Wildman–Crippen LogP) is 3.23. The Hall–Kier alpha value is -3.33. The zero-order valence-corrected chi connectivity index (χ0v) is 16.4. The summed E-state index contributed by atoms with van der Waals surface area (Å²) in [5, 5.41) is 11.4. The molecule has 0 aromatic heterocycles. The fraction of sp³-hybridized carbons (Fsp3) is 0.318. The van der Waals surface area contributed by atoms with Crippen molar-refractivity contribution in [1.29, 1.82) is 5.26 Å². The lowest BCUT2D eigenvalue weighted by Gasteiger charge is -2.12. The van der Waals surface area contributed by atoms with Crippen LogP contribution in [0.3, 0.4) is 0 Å². The molecule has 0 radical (unpaired) electrons. The van der Waals surface area contributed by atoms with Gasteiger partial charge in [0.2, 0.25) is 0 Å². The zero-order valence-electron chi connectivity index (χ0n) is 16.4. The van der Waals surface area contributed by atoms with E-state index in [1.165, 1.54) is 29.8 Å². The number of carbonyl (C=O) groups excluding carboxylic acids is 2. The van der Waals surface area contributed by atoms with Gasteiger partial charge in [-0.05, 0) is 74.2 Å². The van der Waals surface area contributed by atoms with Crippen molar-refractivity contribution in [2.45, 2.75) is 27.2 Å². The van der Waals surface area contributed by atoms with Crippen LogP contribution in [0.25, 0.3) is 0 Å². The Balaban J connectivity index is 1.66. The lowest BCUT2D eigenvalue weighted by atomic mass is 10.1. The van der Waals surface area contributed by atoms with Gasteiger partial charge in [0.25, 0.3) is 5.91 Å². The Morgan fingerprint density at radius 1 is 1.11 bits per heavy atom. The first-order valence-corrected chi connectivity index (χ1v) is 9.05. The Kier molecular flexibility index (Phi) is 7.58. The topological polar surface area (TPSA) is 88.4 Å². The third kappa shape index (κ3) is 6.13. The van der Waals surface area contributed by atoms with Crippen LogP contribution in [-0.2, 0) is 9.53 Å². The van der Waals surface area contributed by atoms with Gasteiger partial charge in [0, 0.05) is 6.54 Å². The van der Waals surface area contributed by atoms with E-state index in [0.717, 1.165) is 16.9 Å². The summed E-state index contributed by atoms with van der Waals surface area (Å²) in [6.07, 6.45) is 0.641. The van der Waals surface area contributed by atoms with Gasteiger partial charge >= 0.3 is 5.97 Å². The van der Waals surface area contributed by atoms with Crippen LogP contribution in [0.4, 0.5) is 0 Å². The van der Waals surface area contributed by atoms with Gasteiger partial charge in [-0.2, -0.15) is 5.26 Å². The second-order valence-corrected chi connectivity index (χ2v) is 6.52. The SMILES string of the molecule is Cc1cc(C)c(C)c(OCCCNC(=O)COC(=O)c2ccc(C#N)cc2)c1. The van der Waals surface area contributed by atoms with Crippen molar-refractivity contribution in [3.63, 3.8) is 0 Å². The molecule has 0 aliphatic heterocycles. The third-order valence-corrected chi connectivity index (χ3v) is 4.25. The first kappa shape index (κ1) is 21.0. The molecule has 2 aromatic rings. The molecule has 0 fully saturated rings. The Morgan fingerprint density at radius 3 is 2.50 bits per heavy atom. The summed E-state index contributed by atoms with van der Waals surface area (Å²) in [7, 11) is 0. The van der Waals surface area contributed by atoms with E-state index in [9.17, 15) is 9.59 Å². The predicted molar refractivity (Wildman–Crippen MR) is 105 cm³/mol. The molecule has 6 nitrogen and oxygen atoms in total. The molecule has 2 aromatic carbocycles. The monoisotopic (exact) mass is 380 g/mol. The van der Waals surface area contributed by atoms with Gasteiger partial charge in [0.15, 0.2) is 6.61 Å². The molecule has 0 saturated heterocycles. The second kappa shape index (κ2) is 10.1. The highest BCUT2D eigenvalue weighted by Gasteiger charge is 2.10. The maximum Gasteiger partial charge on any atom is 0.338 e. The third-order valence-electron chi connectivity index (χ3n) is 4.25. The summed E-state index contributed by atoms with van der Waals surface area (Å²) in [6, 6.07) is 12.1. The van der Waals surface area contributed by atoms with E-state index in [4.69, 9.17) is 14.7 Å². The van der Waals surface area contributed by atoms with Crippen LogP contribution in [0, 0.1) is 32.1 Å². The number of hydrogen-bond acceptors (Lipinski definition) is 5. The van der Waals surface area contributed by atoms with E-state index in [2.05, 4.69) is 18.3 Å². The first-order chi connectivity index (χ1) is 13.4. The number of carbonyl (C=O) groups is 2. The quantitative estimate of drug-likeness (QED) is 0.561. The number of nitrogens with one attached hydrogen (secondary N) is 1. The fourth-order valence-corrected chi connectivity index (χ4v) is 2.58. The smallest absolute Gasteiger partial charge is 0.338 e. The lowest BCUT2D eigenvalue weighted by molar-refractivity contribution is -0.124. The van der Waals surface area contributed by atoms with Crippen molar-refractivity contribution >= 4 is 11.9 Å². The van der Waals surface area contributed by atoms with Gasteiger partial charge in [0.1, 0.15) is 5.75 Å². The Morgan fingerprint density at radius 2 is 1.82 bits per heavy atom. The molecule has 0 heterocycles. The van der Waals surface area contributed by atoms with Crippen LogP contribution in [0.1, 0.15) is 39.0 Å². The van der Waals surface area contributed by atoms with E-state index in [0.29, 0.717) is 30.7 Å². The molecule has 28 heavy (non-hydrogen) atoms. The molecule has 0 saturated carbocycles. The number of nitrogens with zero attached hydrogens (tertiary/aromatic N) is 1. The zero-order chi connectivity index (χ0) is 20.5. The minimum Gasteiger partial charge on any atom is -0.493 e. The number of hydrogen-bond donors (Lipinski definition) is 1. The van der Waals surface area contributed by atoms with Crippen LogP contribution in [0.2, 0.25) is 0 Å². The average molecular weight is 380 g/mol. The van der Waals surface area contributed by atoms with E-state index >= 15 is 0 Å². The molecule has 1 amide bonds. The van der Waals surface area contributed by atoms with Crippen LogP contribution in [0.5, 0.6) is 5.75 Å². The van der Waals surface area contributed by atoms with E-state index in [-0.39, 0.29) is 12.5 Å². The van der Waals surface area contributed by atoms with Crippen LogP contribution < -0.4 is 10.1 Å². The summed E-state index contributed by atoms with van der Waals surface area (Å²) in [5.74, 6) is -0.113. The van der Waals surface area contributed by atoms with Crippen molar-refractivity contribution in [2.75, 3.05) is 19.8 Å². The number of aryl methyl sites for hydroxylation is 2. The largest absolute Gasteiger partial charge is 0.493 e. The van der Waals surface area contributed by atoms with Crippen LogP contribution in [0.15, 0.2) is 36.4 Å². The van der Waals surface area contributed by atoms with Gasteiger partial charge in [-0.1, -0.05) is 6.07 Å². The maximum atomic E-state index is 11.9. The van der Waals surface area contributed by atoms with Gasteiger partial charge in [0.05, 0.1) is 23.8 Å². The summed E-state index contributed by atoms with van der Waals surface area (Å²) in [6.45, 7) is 6.66. The lowest BCUT2D eigenvalue weighted by Crippen LogP contribution is -2.30. The van der Waals surface area contributed by atoms with Gasteiger partial charge in [-0.25, -0.2) is 4.79 Å². The second-order valence-electron chi connectivity index (χ2n) is 6.52. The maximum absolute atomic E-state index is 11.9. The number of ether oxygens (including phenoxy) is 2. The standard InChI is InChI=1S/C22H24N2O4/c1-15-11-16(2)17(3)20(12-15)27-10-4-9-24-21(25)14-28-22(26)19-7-5-18(13-23)6-8-19/h5-8,11-12H,4,9-10,14H2,1-3H3,(H,24,25). The van der Waals surface area contributed by atoms with E-state index < -0.39 is 5.97 Å². The van der Waals surface area contributed by atoms with Crippen molar-refractivity contribution < 1.29 is 19.1 Å². The van der Waals surface area contributed by atoms with E-state index in [1.807, 2.05) is 26.0 Å². The van der Waals surface area contributed by atoms with Crippen molar-refractivity contribution in [3.8, 4) is 11.8 Å². The van der Waals surface area contributed by atoms with Crippen molar-refractivity contribution in [1.82, 2.24) is 5.32 Å². The molecule has 0 aliphatic rings. The molecule has 0 unspecified atom stereocenters. The van der Waals surface area contributed by atoms with Crippen molar-refractivity contribution in [3.05, 3.63) is 64.2 Å². The highest BCUT2D eigenvalue weighted by molar-refractivity contribution is 5.91. The number of amides is 1. The van der Waals surface area contributed by atoms with E-state index in [1.54, 1.807) is 0 Å². The first-order valence-electron chi connectivity index (χ1n) is 9.05. The average Bonchev–Trinajstić information content (AvgIpc) is 2.69. The van der Waals surface area contributed by atoms with Gasteiger partial charge < -0.3 is 14.8 Å². The summed E-state index contributed by atoms with van der Waals surface area (Å²) >= 11 is 0. The Bertz CT molecular complexity index is 883. The molecule has 2 rings (SSSR count). The highest BCUT2D eigenvalue weighted by atomic mass is 16.5. The van der Waals surface area contributed by atoms with Gasteiger partial charge in [-0.15, -0.1) is 0 Å². The Labute approximate surface area is 165 Å². The van der Waals surface area contributed by atoms with Crippen LogP contribution >= 0.6 is 0 Å². The van der Waals surface area contributed by atoms with Crippen LogP contribution in [-0.4, -0.2) is 31.6 Å². The minimum absolute atomic E-state index is 0.295. The molecule has 0 bridgehead atoms. The summed E-state index contributed by atoms with van der Waals surface area (Å²) in [4.78, 5) is 23.6. The molecule has 6 heteroatoms. The molecular formula is C22H24N2O4. The molecular weight excluding hydrogens is 356 g/mol. The summed E-state index contributed by atoms with van der Waals surface area (Å²) < 4.78 is 10.8. The molecule has 0 atom stereocenters. The molecule has 1 N–H and O–H groups in total. The normalized spacial score (nSPS) is 10.1. The molecule has 0 spiro atoms. The fourth-order valence-electron chi connectivity index (χ4n) is 2.58. The van der Waals surface area contributed by atoms with Crippen molar-refractivity contribution in [2.24, 2.45) is 0 Å². The highest BCUT2D eigenvalue weighted by Crippen LogP contribution is 2.23. The minimum atomic E-state index is -0.603.